The van der Waals surface area contributed by atoms with Crippen molar-refractivity contribution in [2.24, 2.45) is 0 Å². The fourth-order valence-corrected chi connectivity index (χ4v) is 4.14. The summed E-state index contributed by atoms with van der Waals surface area (Å²) in [5.41, 5.74) is 4.29. The van der Waals surface area contributed by atoms with Crippen molar-refractivity contribution in [3.63, 3.8) is 0 Å². The molecule has 0 saturated heterocycles. The first kappa shape index (κ1) is 23.5. The third-order valence-electron chi connectivity index (χ3n) is 4.82. The van der Waals surface area contributed by atoms with E-state index >= 15 is 0 Å². The van der Waals surface area contributed by atoms with Gasteiger partial charge in [0.25, 0.3) is 0 Å². The van der Waals surface area contributed by atoms with E-state index in [1.807, 2.05) is 58.9 Å². The maximum atomic E-state index is 13.1. The molecule has 0 radical (unpaired) electrons. The zero-order chi connectivity index (χ0) is 22.9. The number of halogens is 2. The number of benzene rings is 2. The lowest BCUT2D eigenvalue weighted by Crippen LogP contribution is -2.29. The Balaban J connectivity index is 2.42. The number of hydrogen-bond donors (Lipinski definition) is 0. The highest BCUT2D eigenvalue weighted by Crippen LogP contribution is 2.43. The normalized spacial score (nSPS) is 12.8. The van der Waals surface area contributed by atoms with Crippen LogP contribution in [0.1, 0.15) is 50.6 Å². The van der Waals surface area contributed by atoms with E-state index in [0.29, 0.717) is 10.0 Å². The van der Waals surface area contributed by atoms with Gasteiger partial charge in [-0.25, -0.2) is 4.79 Å². The van der Waals surface area contributed by atoms with Crippen LogP contribution in [-0.2, 0) is 14.3 Å². The fourth-order valence-electron chi connectivity index (χ4n) is 3.64. The monoisotopic (exact) mass is 459 g/mol. The summed E-state index contributed by atoms with van der Waals surface area (Å²) < 4.78 is 11.7. The Morgan fingerprint density at radius 3 is 2.42 bits per heavy atom. The molecule has 31 heavy (non-hydrogen) atoms. The van der Waals surface area contributed by atoms with Crippen molar-refractivity contribution < 1.29 is 14.3 Å². The predicted molar refractivity (Wildman–Crippen MR) is 127 cm³/mol. The van der Waals surface area contributed by atoms with E-state index in [0.717, 1.165) is 38.9 Å². The molecule has 0 bridgehead atoms. The number of carbonyl (C=O) groups excluding carboxylic acids is 1. The van der Waals surface area contributed by atoms with Gasteiger partial charge in [-0.2, -0.15) is 0 Å². The smallest absolute Gasteiger partial charge is 0.339 e. The maximum absolute atomic E-state index is 13.1. The molecule has 0 aliphatic heterocycles. The molecule has 3 aromatic rings. The van der Waals surface area contributed by atoms with Gasteiger partial charge in [0, 0.05) is 32.3 Å². The number of rotatable bonds is 5. The molecule has 1 heterocycles. The number of hydrogen-bond acceptors (Lipinski definition) is 4. The molecule has 164 valence electrons. The predicted octanol–water partition coefficient (Wildman–Crippen LogP) is 7.24. The van der Waals surface area contributed by atoms with Crippen LogP contribution in [0.25, 0.3) is 22.0 Å². The van der Waals surface area contributed by atoms with Crippen molar-refractivity contribution in [1.82, 2.24) is 4.98 Å². The average molecular weight is 460 g/mol. The van der Waals surface area contributed by atoms with E-state index in [1.165, 1.54) is 0 Å². The van der Waals surface area contributed by atoms with Crippen molar-refractivity contribution in [3.8, 4) is 11.1 Å². The van der Waals surface area contributed by atoms with E-state index in [9.17, 15) is 4.79 Å². The third-order valence-corrected chi connectivity index (χ3v) is 5.36. The number of aromatic nitrogens is 1. The van der Waals surface area contributed by atoms with Gasteiger partial charge in [0.1, 0.15) is 0 Å². The summed E-state index contributed by atoms with van der Waals surface area (Å²) in [5.74, 6) is -0.439. The molecule has 1 aromatic heterocycles. The molecule has 0 fully saturated rings. The van der Waals surface area contributed by atoms with E-state index < -0.39 is 17.7 Å². The Kier molecular flexibility index (Phi) is 6.95. The SMILES string of the molecule is CCOC(=O)C(OC(C)(C)C)c1c(C)cc2nc(C)ccc2c1-c1ccc(Cl)cc1Cl. The van der Waals surface area contributed by atoms with Crippen molar-refractivity contribution in [3.05, 3.63) is 63.3 Å². The Bertz CT molecular complexity index is 1140. The number of ether oxygens (including phenoxy) is 2. The second-order valence-corrected chi connectivity index (χ2v) is 9.33. The molecule has 6 heteroatoms. The van der Waals surface area contributed by atoms with Gasteiger partial charge in [0.2, 0.25) is 0 Å². The lowest BCUT2D eigenvalue weighted by Gasteiger charge is -2.29. The molecule has 3 rings (SSSR count). The minimum Gasteiger partial charge on any atom is -0.464 e. The Morgan fingerprint density at radius 1 is 1.10 bits per heavy atom. The second kappa shape index (κ2) is 9.15. The van der Waals surface area contributed by atoms with Gasteiger partial charge >= 0.3 is 5.97 Å². The molecular weight excluding hydrogens is 433 g/mol. The summed E-state index contributed by atoms with van der Waals surface area (Å²) in [6.07, 6.45) is -0.924. The van der Waals surface area contributed by atoms with Crippen LogP contribution < -0.4 is 0 Å². The molecule has 0 saturated carbocycles. The van der Waals surface area contributed by atoms with Gasteiger partial charge < -0.3 is 9.47 Å². The van der Waals surface area contributed by atoms with Crippen LogP contribution in [0.3, 0.4) is 0 Å². The lowest BCUT2D eigenvalue weighted by atomic mass is 9.88. The minimum absolute atomic E-state index is 0.257. The van der Waals surface area contributed by atoms with Crippen LogP contribution in [0.5, 0.6) is 0 Å². The zero-order valence-corrected chi connectivity index (χ0v) is 20.2. The summed E-state index contributed by atoms with van der Waals surface area (Å²) in [6, 6.07) is 11.3. The Morgan fingerprint density at radius 2 is 1.81 bits per heavy atom. The number of esters is 1. The Hall–Kier alpha value is -2.14. The van der Waals surface area contributed by atoms with E-state index in [2.05, 4.69) is 0 Å². The summed E-state index contributed by atoms with van der Waals surface area (Å²) in [5, 5.41) is 1.90. The van der Waals surface area contributed by atoms with Gasteiger partial charge in [-0.05, 0) is 76.9 Å². The largest absolute Gasteiger partial charge is 0.464 e. The second-order valence-electron chi connectivity index (χ2n) is 8.49. The van der Waals surface area contributed by atoms with Crippen LogP contribution >= 0.6 is 23.2 Å². The quantitative estimate of drug-likeness (QED) is 0.377. The van der Waals surface area contributed by atoms with E-state index in [1.54, 1.807) is 19.1 Å². The van der Waals surface area contributed by atoms with Crippen LogP contribution in [0.2, 0.25) is 10.0 Å². The highest BCUT2D eigenvalue weighted by atomic mass is 35.5. The number of nitrogens with zero attached hydrogens (tertiary/aromatic N) is 1. The average Bonchev–Trinajstić information content (AvgIpc) is 2.65. The highest BCUT2D eigenvalue weighted by molar-refractivity contribution is 6.36. The van der Waals surface area contributed by atoms with Crippen molar-refractivity contribution >= 4 is 40.1 Å². The fraction of sp³-hybridized carbons (Fsp3) is 0.360. The van der Waals surface area contributed by atoms with Crippen LogP contribution in [-0.4, -0.2) is 23.2 Å². The number of pyridine rings is 1. The number of fused-ring (bicyclic) bond motifs is 1. The van der Waals surface area contributed by atoms with Gasteiger partial charge in [-0.3, -0.25) is 4.98 Å². The molecule has 0 aliphatic carbocycles. The molecule has 0 aliphatic rings. The van der Waals surface area contributed by atoms with Crippen molar-refractivity contribution in [2.45, 2.75) is 53.2 Å². The van der Waals surface area contributed by atoms with Crippen molar-refractivity contribution in [1.29, 1.82) is 0 Å². The van der Waals surface area contributed by atoms with Gasteiger partial charge in [-0.1, -0.05) is 35.3 Å². The first-order valence-corrected chi connectivity index (χ1v) is 11.0. The minimum atomic E-state index is -0.924. The Labute approximate surface area is 193 Å². The standard InChI is InChI=1S/C25H27Cl2NO3/c1-7-30-24(29)23(31-25(4,5)6)21-14(2)12-20-18(10-8-15(3)28-20)22(21)17-11-9-16(26)13-19(17)27/h8-13,23H,7H2,1-6H3. The summed E-state index contributed by atoms with van der Waals surface area (Å²) in [6.45, 7) is 11.7. The molecular formula is C25H27Cl2NO3. The highest BCUT2D eigenvalue weighted by Gasteiger charge is 2.33. The lowest BCUT2D eigenvalue weighted by molar-refractivity contribution is -0.166. The van der Waals surface area contributed by atoms with E-state index in [-0.39, 0.29) is 6.61 Å². The summed E-state index contributed by atoms with van der Waals surface area (Å²) in [4.78, 5) is 17.8. The molecule has 0 spiro atoms. The first-order valence-electron chi connectivity index (χ1n) is 10.2. The molecule has 1 unspecified atom stereocenters. The van der Waals surface area contributed by atoms with Gasteiger partial charge in [-0.15, -0.1) is 0 Å². The van der Waals surface area contributed by atoms with Crippen LogP contribution in [0, 0.1) is 13.8 Å². The number of carbonyl (C=O) groups is 1. The maximum Gasteiger partial charge on any atom is 0.339 e. The van der Waals surface area contributed by atoms with Gasteiger partial charge in [0.15, 0.2) is 6.10 Å². The topological polar surface area (TPSA) is 48.4 Å². The summed E-state index contributed by atoms with van der Waals surface area (Å²) in [7, 11) is 0. The third kappa shape index (κ3) is 5.20. The molecule has 0 amide bonds. The van der Waals surface area contributed by atoms with Crippen molar-refractivity contribution in [2.75, 3.05) is 6.61 Å². The van der Waals surface area contributed by atoms with Crippen LogP contribution in [0.4, 0.5) is 0 Å². The molecule has 4 nitrogen and oxygen atoms in total. The first-order chi connectivity index (χ1) is 14.5. The van der Waals surface area contributed by atoms with E-state index in [4.69, 9.17) is 37.7 Å². The molecule has 2 aromatic carbocycles. The zero-order valence-electron chi connectivity index (χ0n) is 18.7. The van der Waals surface area contributed by atoms with Crippen LogP contribution in [0.15, 0.2) is 36.4 Å². The molecule has 1 atom stereocenters. The number of aryl methyl sites for hydroxylation is 2. The molecule has 0 N–H and O–H groups in total. The summed E-state index contributed by atoms with van der Waals surface area (Å²) >= 11 is 12.8. The van der Waals surface area contributed by atoms with Gasteiger partial charge in [0.05, 0.1) is 17.7 Å².